The lowest BCUT2D eigenvalue weighted by Gasteiger charge is -2.32. The minimum atomic E-state index is -1.53. The number of amides is 1. The fourth-order valence-corrected chi connectivity index (χ4v) is 3.91. The zero-order chi connectivity index (χ0) is 26.9. The molecule has 9 heteroatoms. The van der Waals surface area contributed by atoms with Gasteiger partial charge in [-0.15, -0.1) is 0 Å². The number of alkyl halides is 1. The second-order valence-corrected chi connectivity index (χ2v) is 8.64. The first kappa shape index (κ1) is 27.2. The third-order valence-electron chi connectivity index (χ3n) is 5.98. The molecule has 37 heavy (non-hydrogen) atoms. The van der Waals surface area contributed by atoms with E-state index in [1.807, 2.05) is 6.07 Å². The molecule has 2 aromatic rings. The maximum Gasteiger partial charge on any atom is 0.256 e. The molecule has 0 spiro atoms. The van der Waals surface area contributed by atoms with E-state index in [2.05, 4.69) is 23.5 Å². The molecule has 1 aliphatic rings. The number of ether oxygens (including phenoxy) is 1. The molecule has 0 saturated carbocycles. The number of carbonyl (C=O) groups excluding carboxylic acids is 2. The summed E-state index contributed by atoms with van der Waals surface area (Å²) in [4.78, 5) is 30.5. The van der Waals surface area contributed by atoms with E-state index >= 15 is 0 Å². The molecule has 2 aromatic carbocycles. The first-order valence-electron chi connectivity index (χ1n) is 11.9. The summed E-state index contributed by atoms with van der Waals surface area (Å²) in [6.45, 7) is 9.51. The molecule has 1 atom stereocenters. The largest absolute Gasteiger partial charge is 0.437 e. The molecule has 1 heterocycles. The van der Waals surface area contributed by atoms with Gasteiger partial charge in [0, 0.05) is 30.8 Å². The maximum absolute atomic E-state index is 13.4. The van der Waals surface area contributed by atoms with E-state index in [0.29, 0.717) is 54.3 Å². The van der Waals surface area contributed by atoms with Crippen LogP contribution in [0.25, 0.3) is 0 Å². The number of allylic oxidation sites excluding steroid dienone is 3. The predicted octanol–water partition coefficient (Wildman–Crippen LogP) is 4.44. The molecule has 1 saturated heterocycles. The number of hydrogen-bond donors (Lipinski definition) is 3. The Morgan fingerprint density at radius 1 is 1.19 bits per heavy atom. The molecule has 3 rings (SSSR count). The average molecular weight is 506 g/mol. The van der Waals surface area contributed by atoms with Crippen LogP contribution >= 0.6 is 0 Å². The number of para-hydroxylation sites is 2. The molecule has 1 fully saturated rings. The van der Waals surface area contributed by atoms with Crippen molar-refractivity contribution in [2.75, 3.05) is 24.1 Å². The van der Waals surface area contributed by atoms with Crippen LogP contribution in [0.2, 0.25) is 0 Å². The van der Waals surface area contributed by atoms with E-state index in [-0.39, 0.29) is 23.3 Å². The van der Waals surface area contributed by atoms with E-state index < -0.39 is 12.1 Å². The van der Waals surface area contributed by atoms with Crippen molar-refractivity contribution in [3.8, 4) is 5.75 Å². The van der Waals surface area contributed by atoms with Gasteiger partial charge in [0.25, 0.3) is 5.91 Å². The summed E-state index contributed by atoms with van der Waals surface area (Å²) >= 11 is 0. The third-order valence-corrected chi connectivity index (χ3v) is 5.98. The normalized spacial score (nSPS) is 15.6. The number of nitrogens with zero attached hydrogens (tertiary/aromatic N) is 2. The van der Waals surface area contributed by atoms with Crippen molar-refractivity contribution in [2.45, 2.75) is 25.9 Å². The van der Waals surface area contributed by atoms with Gasteiger partial charge in [-0.25, -0.2) is 9.38 Å². The summed E-state index contributed by atoms with van der Waals surface area (Å²) in [5.74, 6) is -0.258. The quantitative estimate of drug-likeness (QED) is 0.144. The van der Waals surface area contributed by atoms with Gasteiger partial charge >= 0.3 is 0 Å². The van der Waals surface area contributed by atoms with Crippen LogP contribution in [-0.4, -0.2) is 42.1 Å². The number of piperidine rings is 1. The Hall–Kier alpha value is -4.40. The van der Waals surface area contributed by atoms with Gasteiger partial charge in [-0.1, -0.05) is 31.4 Å². The van der Waals surface area contributed by atoms with Crippen LogP contribution in [0.5, 0.6) is 5.75 Å². The molecule has 1 amide bonds. The van der Waals surface area contributed by atoms with E-state index in [1.165, 1.54) is 24.1 Å². The average Bonchev–Trinajstić information content (AvgIpc) is 2.91. The Balaban J connectivity index is 1.70. The number of aliphatic imine (C=N–C) groups is 1. The topological polar surface area (TPSA) is 123 Å². The van der Waals surface area contributed by atoms with Crippen molar-refractivity contribution >= 4 is 29.3 Å². The van der Waals surface area contributed by atoms with E-state index in [9.17, 15) is 14.0 Å². The lowest BCUT2D eigenvalue weighted by Crippen LogP contribution is -2.42. The van der Waals surface area contributed by atoms with Crippen LogP contribution in [-0.2, 0) is 4.79 Å². The highest BCUT2D eigenvalue weighted by atomic mass is 19.1. The number of nitrogens with one attached hydrogen (secondary N) is 1. The van der Waals surface area contributed by atoms with Gasteiger partial charge in [0.2, 0.25) is 11.7 Å². The van der Waals surface area contributed by atoms with Crippen LogP contribution in [0.3, 0.4) is 0 Å². The summed E-state index contributed by atoms with van der Waals surface area (Å²) in [6.07, 6.45) is 2.57. The fraction of sp³-hybridized carbons (Fsp3) is 0.250. The van der Waals surface area contributed by atoms with Crippen molar-refractivity contribution in [1.82, 2.24) is 4.90 Å². The van der Waals surface area contributed by atoms with E-state index in [4.69, 9.17) is 16.2 Å². The van der Waals surface area contributed by atoms with Gasteiger partial charge in [0.05, 0.1) is 22.8 Å². The van der Waals surface area contributed by atoms with Gasteiger partial charge in [-0.3, -0.25) is 9.59 Å². The third kappa shape index (κ3) is 7.07. The minimum absolute atomic E-state index is 0.0865. The lowest BCUT2D eigenvalue weighted by molar-refractivity contribution is -0.137. The molecule has 0 aliphatic carbocycles. The number of carbonyl (C=O) groups is 2. The van der Waals surface area contributed by atoms with Gasteiger partial charge in [-0.05, 0) is 56.2 Å². The molecule has 8 nitrogen and oxygen atoms in total. The molecule has 1 unspecified atom stereocenters. The number of Topliss-reactive ketones (excluding diaryl/α,β-unsaturated/α-hetero) is 1. The highest BCUT2D eigenvalue weighted by Crippen LogP contribution is 2.27. The lowest BCUT2D eigenvalue weighted by atomic mass is 9.93. The van der Waals surface area contributed by atoms with Crippen LogP contribution in [0, 0.1) is 5.92 Å². The molecular weight excluding hydrogens is 473 g/mol. The van der Waals surface area contributed by atoms with Gasteiger partial charge in [0.1, 0.15) is 5.75 Å². The summed E-state index contributed by atoms with van der Waals surface area (Å²) in [5, 5.41) is 2.95. The zero-order valence-corrected chi connectivity index (χ0v) is 20.8. The zero-order valence-electron chi connectivity index (χ0n) is 20.8. The van der Waals surface area contributed by atoms with Gasteiger partial charge in [0.15, 0.2) is 6.17 Å². The number of nitrogen functional groups attached to an aromatic ring is 1. The molecule has 0 bridgehead atoms. The van der Waals surface area contributed by atoms with Crippen molar-refractivity contribution in [3.05, 3.63) is 90.6 Å². The van der Waals surface area contributed by atoms with E-state index in [1.54, 1.807) is 42.5 Å². The van der Waals surface area contributed by atoms with Crippen LogP contribution < -0.4 is 21.5 Å². The molecule has 5 N–H and O–H groups in total. The Bertz CT molecular complexity index is 1210. The van der Waals surface area contributed by atoms with Crippen molar-refractivity contribution in [1.29, 1.82) is 0 Å². The minimum Gasteiger partial charge on any atom is -0.437 e. The van der Waals surface area contributed by atoms with Gasteiger partial charge in [-0.2, -0.15) is 0 Å². The molecule has 0 radical (unpaired) electrons. The first-order valence-corrected chi connectivity index (χ1v) is 11.9. The van der Waals surface area contributed by atoms with E-state index in [0.717, 1.165) is 0 Å². The van der Waals surface area contributed by atoms with Crippen LogP contribution in [0.15, 0.2) is 90.0 Å². The van der Waals surface area contributed by atoms with Crippen LogP contribution in [0.4, 0.5) is 15.8 Å². The second-order valence-electron chi connectivity index (χ2n) is 8.64. The maximum atomic E-state index is 13.4. The summed E-state index contributed by atoms with van der Waals surface area (Å²) in [5.41, 5.74) is 14.5. The Kier molecular flexibility index (Phi) is 9.21. The summed E-state index contributed by atoms with van der Waals surface area (Å²) < 4.78 is 19.3. The Morgan fingerprint density at radius 2 is 1.84 bits per heavy atom. The Labute approximate surface area is 216 Å². The number of halogens is 1. The standard InChI is InChI=1S/C28H32FN5O3/c1-4-15-32-27(25(31)20-13-16-34(17-14-20)28(36)18(2)29)37-22-11-9-21(10-12-22)26(35)19(3)33-24-8-6-5-7-23(24)30/h4-12,15,18,20,33H,1,3,13-14,16-17,30-31H2,2H3/b27-25+,32-15-. The first-order chi connectivity index (χ1) is 17.7. The summed E-state index contributed by atoms with van der Waals surface area (Å²) in [7, 11) is 0. The fourth-order valence-electron chi connectivity index (χ4n) is 3.91. The molecule has 194 valence electrons. The predicted molar refractivity (Wildman–Crippen MR) is 145 cm³/mol. The number of anilines is 2. The van der Waals surface area contributed by atoms with Crippen molar-refractivity contribution in [2.24, 2.45) is 16.6 Å². The Morgan fingerprint density at radius 3 is 2.43 bits per heavy atom. The smallest absolute Gasteiger partial charge is 0.256 e. The number of rotatable bonds is 10. The summed E-state index contributed by atoms with van der Waals surface area (Å²) in [6, 6.07) is 13.6. The van der Waals surface area contributed by atoms with Crippen LogP contribution in [0.1, 0.15) is 30.1 Å². The van der Waals surface area contributed by atoms with Gasteiger partial charge < -0.3 is 26.4 Å². The number of benzene rings is 2. The highest BCUT2D eigenvalue weighted by Gasteiger charge is 2.28. The highest BCUT2D eigenvalue weighted by molar-refractivity contribution is 6.10. The number of hydrogen-bond acceptors (Lipinski definition) is 7. The SMILES string of the molecule is C=C/C=N\C(Oc1ccc(C(=O)C(=C)Nc2ccccc2N)cc1)=C(/N)C1CCN(C(=O)C(C)F)CC1. The molecular formula is C28H32FN5O3. The molecule has 0 aromatic heterocycles. The van der Waals surface area contributed by atoms with Crippen molar-refractivity contribution in [3.63, 3.8) is 0 Å². The van der Waals surface area contributed by atoms with Crippen molar-refractivity contribution < 1.29 is 18.7 Å². The molecule has 1 aliphatic heterocycles. The number of likely N-dealkylation sites (tertiary alicyclic amines) is 1. The second kappa shape index (κ2) is 12.5. The number of ketones is 1. The monoisotopic (exact) mass is 505 g/mol. The number of nitrogens with two attached hydrogens (primary N) is 2.